The van der Waals surface area contributed by atoms with Gasteiger partial charge in [-0.1, -0.05) is 42.8 Å². The van der Waals surface area contributed by atoms with Crippen LogP contribution in [0.5, 0.6) is 0 Å². The van der Waals surface area contributed by atoms with Gasteiger partial charge in [0.05, 0.1) is 12.2 Å². The van der Waals surface area contributed by atoms with Gasteiger partial charge in [0.2, 0.25) is 0 Å². The van der Waals surface area contributed by atoms with Gasteiger partial charge in [-0.25, -0.2) is 0 Å². The molecule has 0 aliphatic heterocycles. The Hall–Kier alpha value is -1.61. The molecule has 2 rings (SSSR count). The van der Waals surface area contributed by atoms with Crippen LogP contribution in [0.4, 0.5) is 0 Å². The molecule has 1 aromatic carbocycles. The van der Waals surface area contributed by atoms with Crippen molar-refractivity contribution in [3.8, 4) is 0 Å². The molecule has 0 radical (unpaired) electrons. The molecule has 0 fully saturated rings. The van der Waals surface area contributed by atoms with E-state index >= 15 is 0 Å². The lowest BCUT2D eigenvalue weighted by molar-refractivity contribution is 0.363. The molecule has 0 amide bonds. The smallest absolute Gasteiger partial charge is 0.150 e. The van der Waals surface area contributed by atoms with E-state index in [1.165, 1.54) is 30.4 Å². The molecule has 2 aromatic rings. The van der Waals surface area contributed by atoms with Crippen LogP contribution < -0.4 is 5.32 Å². The van der Waals surface area contributed by atoms with Crippen molar-refractivity contribution in [2.45, 2.75) is 52.6 Å². The summed E-state index contributed by atoms with van der Waals surface area (Å²) in [7, 11) is 0. The molecule has 0 spiro atoms. The first-order chi connectivity index (χ1) is 9.69. The summed E-state index contributed by atoms with van der Waals surface area (Å²) in [6.07, 6.45) is 3.68. The molecule has 1 aromatic heterocycles. The van der Waals surface area contributed by atoms with Crippen LogP contribution in [-0.4, -0.2) is 5.16 Å². The van der Waals surface area contributed by atoms with Crippen molar-refractivity contribution in [3.63, 3.8) is 0 Å². The Kier molecular flexibility index (Phi) is 5.36. The predicted octanol–water partition coefficient (Wildman–Crippen LogP) is 4.18. The molecule has 3 nitrogen and oxygen atoms in total. The molecule has 0 aliphatic carbocycles. The number of rotatable bonds is 7. The normalized spacial score (nSPS) is 12.6. The Morgan fingerprint density at radius 2 is 2.00 bits per heavy atom. The number of hydrogen-bond donors (Lipinski definition) is 1. The third-order valence-electron chi connectivity index (χ3n) is 3.56. The molecule has 1 unspecified atom stereocenters. The van der Waals surface area contributed by atoms with Crippen molar-refractivity contribution in [1.29, 1.82) is 0 Å². The average molecular weight is 272 g/mol. The highest BCUT2D eigenvalue weighted by atomic mass is 16.5. The lowest BCUT2D eigenvalue weighted by Crippen LogP contribution is -2.17. The Bertz CT molecular complexity index is 516. The van der Waals surface area contributed by atoms with Crippen LogP contribution in [-0.2, 0) is 13.0 Å². The number of aromatic nitrogens is 1. The van der Waals surface area contributed by atoms with Gasteiger partial charge in [-0.05, 0) is 37.8 Å². The van der Waals surface area contributed by atoms with E-state index in [9.17, 15) is 0 Å². The van der Waals surface area contributed by atoms with E-state index in [1.807, 2.05) is 13.0 Å². The highest BCUT2D eigenvalue weighted by Crippen LogP contribution is 2.15. The lowest BCUT2D eigenvalue weighted by Gasteiger charge is -2.13. The largest absolute Gasteiger partial charge is 0.360 e. The summed E-state index contributed by atoms with van der Waals surface area (Å²) < 4.78 is 5.20. The third kappa shape index (κ3) is 4.20. The second-order valence-electron chi connectivity index (χ2n) is 5.38. The fourth-order valence-corrected chi connectivity index (χ4v) is 2.23. The number of aryl methyl sites for hydroxylation is 2. The maximum Gasteiger partial charge on any atom is 0.150 e. The molecule has 20 heavy (non-hydrogen) atoms. The molecule has 0 bridgehead atoms. The average Bonchev–Trinajstić information content (AvgIpc) is 2.89. The van der Waals surface area contributed by atoms with Crippen molar-refractivity contribution in [1.82, 2.24) is 10.5 Å². The first-order valence-electron chi connectivity index (χ1n) is 7.43. The highest BCUT2D eigenvalue weighted by Gasteiger charge is 2.07. The van der Waals surface area contributed by atoms with Gasteiger partial charge in [0.25, 0.3) is 0 Å². The van der Waals surface area contributed by atoms with Gasteiger partial charge in [-0.2, -0.15) is 0 Å². The van der Waals surface area contributed by atoms with Crippen molar-refractivity contribution in [3.05, 3.63) is 52.9 Å². The number of hydrogen-bond acceptors (Lipinski definition) is 3. The van der Waals surface area contributed by atoms with Crippen LogP contribution in [0.1, 0.15) is 55.3 Å². The molecule has 0 aliphatic rings. The fraction of sp³-hybridized carbons (Fsp3) is 0.471. The zero-order chi connectivity index (χ0) is 14.4. The highest BCUT2D eigenvalue weighted by molar-refractivity contribution is 5.24. The van der Waals surface area contributed by atoms with E-state index in [0.29, 0.717) is 12.6 Å². The Balaban J connectivity index is 1.86. The van der Waals surface area contributed by atoms with Gasteiger partial charge in [0, 0.05) is 12.1 Å². The SMILES string of the molecule is CCCCc1ccc(C(C)NCc2cc(C)no2)cc1. The Morgan fingerprint density at radius 1 is 1.25 bits per heavy atom. The minimum Gasteiger partial charge on any atom is -0.360 e. The van der Waals surface area contributed by atoms with E-state index in [4.69, 9.17) is 4.52 Å². The minimum atomic E-state index is 0.306. The van der Waals surface area contributed by atoms with Gasteiger partial charge in [-0.3, -0.25) is 0 Å². The monoisotopic (exact) mass is 272 g/mol. The molecule has 0 saturated carbocycles. The summed E-state index contributed by atoms with van der Waals surface area (Å²) in [5, 5.41) is 7.35. The quantitative estimate of drug-likeness (QED) is 0.821. The van der Waals surface area contributed by atoms with Gasteiger partial charge >= 0.3 is 0 Å². The van der Waals surface area contributed by atoms with Crippen LogP contribution in [0.25, 0.3) is 0 Å². The van der Waals surface area contributed by atoms with E-state index in [0.717, 1.165) is 11.5 Å². The van der Waals surface area contributed by atoms with Crippen molar-refractivity contribution in [2.75, 3.05) is 0 Å². The van der Waals surface area contributed by atoms with Crippen LogP contribution in [0, 0.1) is 6.92 Å². The topological polar surface area (TPSA) is 38.1 Å². The maximum atomic E-state index is 5.20. The number of nitrogens with one attached hydrogen (secondary N) is 1. The summed E-state index contributed by atoms with van der Waals surface area (Å²) in [4.78, 5) is 0. The molecular formula is C17H24N2O. The number of benzene rings is 1. The molecule has 1 atom stereocenters. The predicted molar refractivity (Wildman–Crippen MR) is 81.5 cm³/mol. The van der Waals surface area contributed by atoms with E-state index < -0.39 is 0 Å². The van der Waals surface area contributed by atoms with Crippen LogP contribution >= 0.6 is 0 Å². The molecule has 1 N–H and O–H groups in total. The molecule has 108 valence electrons. The number of nitrogens with zero attached hydrogens (tertiary/aromatic N) is 1. The number of unbranched alkanes of at least 4 members (excludes halogenated alkanes) is 1. The zero-order valence-electron chi connectivity index (χ0n) is 12.6. The van der Waals surface area contributed by atoms with Crippen LogP contribution in [0.3, 0.4) is 0 Å². The molecular weight excluding hydrogens is 248 g/mol. The van der Waals surface area contributed by atoms with E-state index in [-0.39, 0.29) is 0 Å². The minimum absolute atomic E-state index is 0.306. The Morgan fingerprint density at radius 3 is 2.60 bits per heavy atom. The van der Waals surface area contributed by atoms with Gasteiger partial charge in [-0.15, -0.1) is 0 Å². The van der Waals surface area contributed by atoms with Crippen molar-refractivity contribution in [2.24, 2.45) is 0 Å². The van der Waals surface area contributed by atoms with E-state index in [1.54, 1.807) is 0 Å². The second kappa shape index (κ2) is 7.25. The van der Waals surface area contributed by atoms with Crippen molar-refractivity contribution >= 4 is 0 Å². The van der Waals surface area contributed by atoms with Crippen molar-refractivity contribution < 1.29 is 4.52 Å². The van der Waals surface area contributed by atoms with Crippen LogP contribution in [0.15, 0.2) is 34.9 Å². The first kappa shape index (κ1) is 14.8. The van der Waals surface area contributed by atoms with Gasteiger partial charge < -0.3 is 9.84 Å². The van der Waals surface area contributed by atoms with Gasteiger partial charge in [0.1, 0.15) is 0 Å². The lowest BCUT2D eigenvalue weighted by atomic mass is 10.0. The zero-order valence-corrected chi connectivity index (χ0v) is 12.6. The first-order valence-corrected chi connectivity index (χ1v) is 7.43. The van der Waals surface area contributed by atoms with E-state index in [2.05, 4.69) is 48.6 Å². The molecule has 1 heterocycles. The fourth-order valence-electron chi connectivity index (χ4n) is 2.23. The second-order valence-corrected chi connectivity index (χ2v) is 5.38. The molecule has 3 heteroatoms. The standard InChI is InChI=1S/C17H24N2O/c1-4-5-6-15-7-9-16(10-8-15)14(3)18-12-17-11-13(2)19-20-17/h7-11,14,18H,4-6,12H2,1-3H3. The summed E-state index contributed by atoms with van der Waals surface area (Å²) in [6, 6.07) is 11.2. The molecule has 0 saturated heterocycles. The summed E-state index contributed by atoms with van der Waals surface area (Å²) in [6.45, 7) is 7.04. The summed E-state index contributed by atoms with van der Waals surface area (Å²) >= 11 is 0. The summed E-state index contributed by atoms with van der Waals surface area (Å²) in [5.41, 5.74) is 3.66. The van der Waals surface area contributed by atoms with Crippen LogP contribution in [0.2, 0.25) is 0 Å². The summed E-state index contributed by atoms with van der Waals surface area (Å²) in [5.74, 6) is 0.883. The Labute approximate surface area is 121 Å². The van der Waals surface area contributed by atoms with Gasteiger partial charge in [0.15, 0.2) is 5.76 Å². The maximum absolute atomic E-state index is 5.20. The third-order valence-corrected chi connectivity index (χ3v) is 3.56.